The Balaban J connectivity index is 2.20. The lowest BCUT2D eigenvalue weighted by molar-refractivity contribution is -0.105. The van der Waals surface area contributed by atoms with Gasteiger partial charge in [-0.05, 0) is 11.8 Å². The Morgan fingerprint density at radius 3 is 2.47 bits per heavy atom. The molecule has 3 N–H and O–H groups in total. The van der Waals surface area contributed by atoms with Crippen LogP contribution in [0, 0.1) is 10.8 Å². The molecule has 1 fully saturated rings. The third-order valence-corrected chi connectivity index (χ3v) is 3.28. The van der Waals surface area contributed by atoms with E-state index in [-0.39, 0.29) is 5.41 Å². The van der Waals surface area contributed by atoms with Gasteiger partial charge >= 0.3 is 0 Å². The Morgan fingerprint density at radius 2 is 2.07 bits per heavy atom. The molecule has 90 valence electrons. The predicted molar refractivity (Wildman–Crippen MR) is 63.9 cm³/mol. The van der Waals surface area contributed by atoms with E-state index in [0.29, 0.717) is 5.41 Å². The fraction of sp³-hybridized carbons (Fsp3) is 1.00. The molecule has 3 heteroatoms. The minimum Gasteiger partial charge on any atom is -0.380 e. The van der Waals surface area contributed by atoms with Crippen LogP contribution in [0.25, 0.3) is 0 Å². The van der Waals surface area contributed by atoms with Gasteiger partial charge in [0.1, 0.15) is 0 Å². The number of rotatable bonds is 7. The van der Waals surface area contributed by atoms with Gasteiger partial charge < -0.3 is 15.8 Å². The van der Waals surface area contributed by atoms with Crippen LogP contribution in [0.1, 0.15) is 33.6 Å². The topological polar surface area (TPSA) is 47.3 Å². The zero-order chi connectivity index (χ0) is 11.4. The van der Waals surface area contributed by atoms with E-state index >= 15 is 0 Å². The summed E-state index contributed by atoms with van der Waals surface area (Å²) in [7, 11) is 0. The zero-order valence-corrected chi connectivity index (χ0v) is 10.4. The molecule has 1 aliphatic rings. The van der Waals surface area contributed by atoms with Gasteiger partial charge in [0.05, 0.1) is 13.2 Å². The first-order valence-corrected chi connectivity index (χ1v) is 6.02. The Kier molecular flexibility index (Phi) is 4.56. The van der Waals surface area contributed by atoms with Crippen molar-refractivity contribution in [1.82, 2.24) is 5.32 Å². The first kappa shape index (κ1) is 12.9. The fourth-order valence-corrected chi connectivity index (χ4v) is 2.11. The van der Waals surface area contributed by atoms with E-state index < -0.39 is 0 Å². The molecule has 0 aromatic rings. The summed E-state index contributed by atoms with van der Waals surface area (Å²) in [6.45, 7) is 11.3. The van der Waals surface area contributed by atoms with Gasteiger partial charge in [0.15, 0.2) is 0 Å². The molecule has 0 bridgehead atoms. The number of nitrogens with two attached hydrogens (primary N) is 1. The van der Waals surface area contributed by atoms with E-state index in [1.165, 1.54) is 12.8 Å². The summed E-state index contributed by atoms with van der Waals surface area (Å²) in [4.78, 5) is 0. The van der Waals surface area contributed by atoms with E-state index in [1.807, 2.05) is 0 Å². The predicted octanol–water partition coefficient (Wildman–Crippen LogP) is 1.38. The average Bonchev–Trinajstić information content (AvgIpc) is 2.09. The fourth-order valence-electron chi connectivity index (χ4n) is 2.11. The second-order valence-corrected chi connectivity index (χ2v) is 5.71. The van der Waals surface area contributed by atoms with Crippen LogP contribution in [0.5, 0.6) is 0 Å². The molecule has 0 spiro atoms. The SMILES string of the molecule is CCCC(C)(C)CNCC1(CN)COC1. The number of nitrogens with one attached hydrogen (secondary N) is 1. The second-order valence-electron chi connectivity index (χ2n) is 5.71. The lowest BCUT2D eigenvalue weighted by atomic mass is 9.84. The van der Waals surface area contributed by atoms with Crippen LogP contribution in [0.3, 0.4) is 0 Å². The summed E-state index contributed by atoms with van der Waals surface area (Å²) in [5.41, 5.74) is 6.38. The smallest absolute Gasteiger partial charge is 0.0569 e. The van der Waals surface area contributed by atoms with Crippen molar-refractivity contribution in [2.24, 2.45) is 16.6 Å². The maximum Gasteiger partial charge on any atom is 0.0569 e. The van der Waals surface area contributed by atoms with Crippen LogP contribution < -0.4 is 11.1 Å². The highest BCUT2D eigenvalue weighted by molar-refractivity contribution is 4.89. The lowest BCUT2D eigenvalue weighted by Crippen LogP contribution is -2.55. The van der Waals surface area contributed by atoms with Crippen molar-refractivity contribution in [2.75, 3.05) is 32.8 Å². The molecule has 1 heterocycles. The molecule has 0 saturated carbocycles. The van der Waals surface area contributed by atoms with Crippen molar-refractivity contribution in [3.05, 3.63) is 0 Å². The molecule has 0 amide bonds. The standard InChI is InChI=1S/C12H26N2O/c1-4-5-11(2,3)7-14-8-12(6-13)9-15-10-12/h14H,4-10,13H2,1-3H3. The normalized spacial score (nSPS) is 20.0. The molecule has 0 radical (unpaired) electrons. The maximum absolute atomic E-state index is 5.76. The van der Waals surface area contributed by atoms with E-state index in [0.717, 1.165) is 32.8 Å². The molecule has 3 nitrogen and oxygen atoms in total. The summed E-state index contributed by atoms with van der Waals surface area (Å²) < 4.78 is 5.24. The third-order valence-electron chi connectivity index (χ3n) is 3.28. The van der Waals surface area contributed by atoms with Gasteiger partial charge in [0.2, 0.25) is 0 Å². The molecule has 0 unspecified atom stereocenters. The summed E-state index contributed by atoms with van der Waals surface area (Å²) >= 11 is 0. The first-order valence-electron chi connectivity index (χ1n) is 6.02. The number of hydrogen-bond acceptors (Lipinski definition) is 3. The van der Waals surface area contributed by atoms with Gasteiger partial charge in [-0.2, -0.15) is 0 Å². The van der Waals surface area contributed by atoms with Crippen LogP contribution in [0.4, 0.5) is 0 Å². The quantitative estimate of drug-likeness (QED) is 0.673. The van der Waals surface area contributed by atoms with Gasteiger partial charge in [-0.1, -0.05) is 27.2 Å². The highest BCUT2D eigenvalue weighted by Crippen LogP contribution is 2.26. The number of hydrogen-bond donors (Lipinski definition) is 2. The van der Waals surface area contributed by atoms with Crippen molar-refractivity contribution in [3.63, 3.8) is 0 Å². The van der Waals surface area contributed by atoms with Crippen molar-refractivity contribution < 1.29 is 4.74 Å². The Labute approximate surface area is 93.8 Å². The average molecular weight is 214 g/mol. The third kappa shape index (κ3) is 3.74. The highest BCUT2D eigenvalue weighted by atomic mass is 16.5. The van der Waals surface area contributed by atoms with E-state index in [1.54, 1.807) is 0 Å². The molecule has 0 aromatic carbocycles. The minimum absolute atomic E-state index is 0.224. The molecular formula is C12H26N2O. The highest BCUT2D eigenvalue weighted by Gasteiger charge is 2.37. The second kappa shape index (κ2) is 5.28. The molecule has 0 aromatic heterocycles. The van der Waals surface area contributed by atoms with Crippen molar-refractivity contribution in [1.29, 1.82) is 0 Å². The Morgan fingerprint density at radius 1 is 1.40 bits per heavy atom. The molecule has 1 aliphatic heterocycles. The van der Waals surface area contributed by atoms with Crippen LogP contribution in [0.2, 0.25) is 0 Å². The van der Waals surface area contributed by atoms with Gasteiger partial charge in [-0.25, -0.2) is 0 Å². The molecular weight excluding hydrogens is 188 g/mol. The molecule has 0 aliphatic carbocycles. The largest absolute Gasteiger partial charge is 0.380 e. The summed E-state index contributed by atoms with van der Waals surface area (Å²) in [6.07, 6.45) is 2.52. The summed E-state index contributed by atoms with van der Waals surface area (Å²) in [5, 5.41) is 3.54. The molecule has 1 rings (SSSR count). The van der Waals surface area contributed by atoms with E-state index in [9.17, 15) is 0 Å². The van der Waals surface area contributed by atoms with E-state index in [4.69, 9.17) is 10.5 Å². The minimum atomic E-state index is 0.224. The van der Waals surface area contributed by atoms with Crippen LogP contribution in [-0.2, 0) is 4.74 Å². The van der Waals surface area contributed by atoms with Crippen LogP contribution >= 0.6 is 0 Å². The zero-order valence-electron chi connectivity index (χ0n) is 10.4. The van der Waals surface area contributed by atoms with Gasteiger partial charge in [0.25, 0.3) is 0 Å². The first-order chi connectivity index (χ1) is 7.04. The maximum atomic E-state index is 5.76. The van der Waals surface area contributed by atoms with Crippen molar-refractivity contribution >= 4 is 0 Å². The van der Waals surface area contributed by atoms with Crippen molar-refractivity contribution in [2.45, 2.75) is 33.6 Å². The lowest BCUT2D eigenvalue weighted by Gasteiger charge is -2.41. The van der Waals surface area contributed by atoms with Gasteiger partial charge in [0, 0.05) is 25.0 Å². The monoisotopic (exact) mass is 214 g/mol. The molecule has 15 heavy (non-hydrogen) atoms. The number of ether oxygens (including phenoxy) is 1. The molecule has 0 atom stereocenters. The summed E-state index contributed by atoms with van der Waals surface area (Å²) in [6, 6.07) is 0. The van der Waals surface area contributed by atoms with Crippen LogP contribution in [-0.4, -0.2) is 32.8 Å². The molecule has 1 saturated heterocycles. The van der Waals surface area contributed by atoms with Gasteiger partial charge in [-0.3, -0.25) is 0 Å². The van der Waals surface area contributed by atoms with E-state index in [2.05, 4.69) is 26.1 Å². The Hall–Kier alpha value is -0.120. The van der Waals surface area contributed by atoms with Gasteiger partial charge in [-0.15, -0.1) is 0 Å². The van der Waals surface area contributed by atoms with Crippen molar-refractivity contribution in [3.8, 4) is 0 Å². The summed E-state index contributed by atoms with van der Waals surface area (Å²) in [5.74, 6) is 0. The van der Waals surface area contributed by atoms with Crippen LogP contribution in [0.15, 0.2) is 0 Å². The Bertz CT molecular complexity index is 183.